The van der Waals surface area contributed by atoms with Gasteiger partial charge >= 0.3 is 0 Å². The van der Waals surface area contributed by atoms with E-state index in [4.69, 9.17) is 4.74 Å². The minimum atomic E-state index is -0.386. The Kier molecular flexibility index (Phi) is 5.52. The Hall–Kier alpha value is -3.67. The summed E-state index contributed by atoms with van der Waals surface area (Å²) in [5, 5.41) is 0. The summed E-state index contributed by atoms with van der Waals surface area (Å²) in [6.45, 7) is 0.778. The summed E-state index contributed by atoms with van der Waals surface area (Å²) >= 11 is 0. The molecule has 2 heterocycles. The number of benzene rings is 2. The second-order valence-electron chi connectivity index (χ2n) is 6.72. The first-order valence-electron chi connectivity index (χ1n) is 9.50. The fraction of sp³-hybridized carbons (Fsp3) is 0.174. The van der Waals surface area contributed by atoms with Crippen LogP contribution in [-0.4, -0.2) is 29.5 Å². The van der Waals surface area contributed by atoms with E-state index in [1.807, 2.05) is 65.4 Å². The first-order chi connectivity index (χ1) is 14.2. The molecule has 6 heteroatoms. The van der Waals surface area contributed by atoms with E-state index in [0.717, 1.165) is 5.56 Å². The van der Waals surface area contributed by atoms with Crippen LogP contribution in [0.3, 0.4) is 0 Å². The van der Waals surface area contributed by atoms with Gasteiger partial charge in [0.15, 0.2) is 0 Å². The van der Waals surface area contributed by atoms with E-state index < -0.39 is 0 Å². The second-order valence-corrected chi connectivity index (χ2v) is 6.72. The third-order valence-electron chi connectivity index (χ3n) is 4.68. The van der Waals surface area contributed by atoms with Crippen LogP contribution in [0.15, 0.2) is 84.0 Å². The van der Waals surface area contributed by atoms with Crippen LogP contribution in [0.4, 0.5) is 5.69 Å². The van der Waals surface area contributed by atoms with Gasteiger partial charge < -0.3 is 9.30 Å². The summed E-state index contributed by atoms with van der Waals surface area (Å²) in [4.78, 5) is 31.0. The van der Waals surface area contributed by atoms with Gasteiger partial charge in [-0.3, -0.25) is 14.5 Å². The standard InChI is InChI=1S/C23H21N3O3/c27-22(17-26-19-10-4-5-11-20(19)29-15-13-23(26)28)24-21-12-6-7-14-25(21)16-18-8-2-1-3-9-18/h1-12,14H,13,15-17H2. The Bertz CT molecular complexity index is 1090. The SMILES string of the molecule is O=C(CN1C(=O)CCOc2ccccc21)N=c1ccccn1Cc1ccccc1. The summed E-state index contributed by atoms with van der Waals surface area (Å²) in [6.07, 6.45) is 2.11. The van der Waals surface area contributed by atoms with Gasteiger partial charge in [-0.05, 0) is 29.8 Å². The van der Waals surface area contributed by atoms with E-state index in [9.17, 15) is 9.59 Å². The Balaban J connectivity index is 1.60. The molecule has 1 aliphatic rings. The number of rotatable bonds is 4. The van der Waals surface area contributed by atoms with Crippen molar-refractivity contribution in [2.75, 3.05) is 18.1 Å². The third kappa shape index (κ3) is 4.43. The highest BCUT2D eigenvalue weighted by molar-refractivity contribution is 6.00. The highest BCUT2D eigenvalue weighted by atomic mass is 16.5. The molecule has 0 fully saturated rings. The van der Waals surface area contributed by atoms with Crippen molar-refractivity contribution in [2.45, 2.75) is 13.0 Å². The largest absolute Gasteiger partial charge is 0.491 e. The van der Waals surface area contributed by atoms with E-state index in [-0.39, 0.29) is 24.8 Å². The quantitative estimate of drug-likeness (QED) is 0.692. The molecule has 6 nitrogen and oxygen atoms in total. The van der Waals surface area contributed by atoms with Gasteiger partial charge in [0.2, 0.25) is 5.91 Å². The Morgan fingerprint density at radius 3 is 2.59 bits per heavy atom. The van der Waals surface area contributed by atoms with E-state index in [0.29, 0.717) is 30.1 Å². The van der Waals surface area contributed by atoms with Gasteiger partial charge in [0, 0.05) is 12.7 Å². The van der Waals surface area contributed by atoms with E-state index >= 15 is 0 Å². The number of para-hydroxylation sites is 2. The average molecular weight is 387 g/mol. The molecule has 146 valence electrons. The molecular weight excluding hydrogens is 366 g/mol. The van der Waals surface area contributed by atoms with E-state index in [2.05, 4.69) is 4.99 Å². The minimum absolute atomic E-state index is 0.126. The molecule has 1 aliphatic heterocycles. The van der Waals surface area contributed by atoms with Crippen molar-refractivity contribution < 1.29 is 14.3 Å². The van der Waals surface area contributed by atoms with Crippen LogP contribution in [0.5, 0.6) is 5.75 Å². The number of ether oxygens (including phenoxy) is 1. The van der Waals surface area contributed by atoms with Gasteiger partial charge in [0.1, 0.15) is 17.8 Å². The number of pyridine rings is 1. The van der Waals surface area contributed by atoms with Crippen molar-refractivity contribution >= 4 is 17.5 Å². The van der Waals surface area contributed by atoms with Gasteiger partial charge in [0.25, 0.3) is 5.91 Å². The molecule has 0 spiro atoms. The van der Waals surface area contributed by atoms with Crippen molar-refractivity contribution in [3.63, 3.8) is 0 Å². The maximum absolute atomic E-state index is 12.7. The van der Waals surface area contributed by atoms with Crippen LogP contribution < -0.4 is 15.1 Å². The molecule has 0 saturated heterocycles. The molecule has 0 aliphatic carbocycles. The summed E-state index contributed by atoms with van der Waals surface area (Å²) < 4.78 is 7.54. The average Bonchev–Trinajstić information content (AvgIpc) is 2.89. The molecule has 2 aromatic carbocycles. The molecule has 0 atom stereocenters. The Labute approximate surface area is 168 Å². The number of nitrogens with zero attached hydrogens (tertiary/aromatic N) is 3. The van der Waals surface area contributed by atoms with Gasteiger partial charge in [-0.15, -0.1) is 0 Å². The molecule has 3 aromatic rings. The summed E-state index contributed by atoms with van der Waals surface area (Å²) in [5.74, 6) is 0.0665. The van der Waals surface area contributed by atoms with E-state index in [1.54, 1.807) is 18.2 Å². The monoisotopic (exact) mass is 387 g/mol. The third-order valence-corrected chi connectivity index (χ3v) is 4.68. The first-order valence-corrected chi connectivity index (χ1v) is 9.50. The lowest BCUT2D eigenvalue weighted by molar-refractivity contribution is -0.122. The molecule has 0 unspecified atom stereocenters. The number of hydrogen-bond donors (Lipinski definition) is 0. The number of hydrogen-bond acceptors (Lipinski definition) is 3. The van der Waals surface area contributed by atoms with Crippen LogP contribution in [-0.2, 0) is 16.1 Å². The molecule has 1 aromatic heterocycles. The van der Waals surface area contributed by atoms with Crippen LogP contribution in [0.1, 0.15) is 12.0 Å². The Morgan fingerprint density at radius 2 is 1.72 bits per heavy atom. The van der Waals surface area contributed by atoms with Crippen molar-refractivity contribution in [2.24, 2.45) is 4.99 Å². The maximum Gasteiger partial charge on any atom is 0.267 e. The lowest BCUT2D eigenvalue weighted by Crippen LogP contribution is -2.35. The van der Waals surface area contributed by atoms with Crippen LogP contribution in [0.2, 0.25) is 0 Å². The minimum Gasteiger partial charge on any atom is -0.491 e. The van der Waals surface area contributed by atoms with Crippen LogP contribution in [0.25, 0.3) is 0 Å². The second kappa shape index (κ2) is 8.56. The highest BCUT2D eigenvalue weighted by Crippen LogP contribution is 2.30. The number of carbonyl (C=O) groups is 2. The van der Waals surface area contributed by atoms with Gasteiger partial charge in [0.05, 0.1) is 18.7 Å². The number of carbonyl (C=O) groups excluding carboxylic acids is 2. The van der Waals surface area contributed by atoms with Crippen LogP contribution >= 0.6 is 0 Å². The van der Waals surface area contributed by atoms with Crippen molar-refractivity contribution in [3.05, 3.63) is 90.0 Å². The predicted molar refractivity (Wildman–Crippen MR) is 109 cm³/mol. The summed E-state index contributed by atoms with van der Waals surface area (Å²) in [6, 6.07) is 22.8. The van der Waals surface area contributed by atoms with Crippen molar-refractivity contribution in [1.29, 1.82) is 0 Å². The molecule has 0 N–H and O–H groups in total. The van der Waals surface area contributed by atoms with Crippen LogP contribution in [0, 0.1) is 0 Å². The molecule has 0 bridgehead atoms. The van der Waals surface area contributed by atoms with Gasteiger partial charge in [-0.1, -0.05) is 48.5 Å². The molecule has 29 heavy (non-hydrogen) atoms. The summed E-state index contributed by atoms with van der Waals surface area (Å²) in [5.41, 5.74) is 2.26. The molecule has 2 amide bonds. The molecule has 0 saturated carbocycles. The number of fused-ring (bicyclic) bond motifs is 1. The lowest BCUT2D eigenvalue weighted by atomic mass is 10.2. The normalized spacial score (nSPS) is 14.1. The van der Waals surface area contributed by atoms with Gasteiger partial charge in [-0.25, -0.2) is 0 Å². The fourth-order valence-corrected chi connectivity index (χ4v) is 3.27. The molecule has 0 radical (unpaired) electrons. The van der Waals surface area contributed by atoms with Gasteiger partial charge in [-0.2, -0.15) is 4.99 Å². The number of amides is 2. The lowest BCUT2D eigenvalue weighted by Gasteiger charge is -2.20. The smallest absolute Gasteiger partial charge is 0.267 e. The number of anilines is 1. The Morgan fingerprint density at radius 1 is 0.966 bits per heavy atom. The van der Waals surface area contributed by atoms with Crippen molar-refractivity contribution in [1.82, 2.24) is 4.57 Å². The first kappa shape index (κ1) is 18.7. The zero-order valence-corrected chi connectivity index (χ0v) is 15.9. The maximum atomic E-state index is 12.7. The zero-order chi connectivity index (χ0) is 20.1. The van der Waals surface area contributed by atoms with Crippen molar-refractivity contribution in [3.8, 4) is 5.75 Å². The number of aromatic nitrogens is 1. The molecule has 4 rings (SSSR count). The fourth-order valence-electron chi connectivity index (χ4n) is 3.27. The zero-order valence-electron chi connectivity index (χ0n) is 15.9. The topological polar surface area (TPSA) is 63.9 Å². The predicted octanol–water partition coefficient (Wildman–Crippen LogP) is 2.78. The highest BCUT2D eigenvalue weighted by Gasteiger charge is 2.24. The summed E-state index contributed by atoms with van der Waals surface area (Å²) in [7, 11) is 0. The molecular formula is C23H21N3O3. The van der Waals surface area contributed by atoms with E-state index in [1.165, 1.54) is 4.90 Å².